The second-order valence-electron chi connectivity index (χ2n) is 4.66. The lowest BCUT2D eigenvalue weighted by molar-refractivity contribution is -0.138. The van der Waals surface area contributed by atoms with Crippen LogP contribution < -0.4 is 15.5 Å². The summed E-state index contributed by atoms with van der Waals surface area (Å²) in [5, 5.41) is 15.0. The van der Waals surface area contributed by atoms with Crippen LogP contribution in [0.2, 0.25) is 0 Å². The lowest BCUT2D eigenvalue weighted by Crippen LogP contribution is -2.27. The fraction of sp³-hybridized carbons (Fsp3) is 0.267. The van der Waals surface area contributed by atoms with Gasteiger partial charge < -0.3 is 15.2 Å². The average molecular weight is 335 g/mol. The molecule has 122 valence electrons. The summed E-state index contributed by atoms with van der Waals surface area (Å²) in [7, 11) is 0. The summed E-state index contributed by atoms with van der Waals surface area (Å²) in [5.74, 6) is -0.610. The van der Waals surface area contributed by atoms with Crippen LogP contribution in [0.25, 0.3) is 5.70 Å². The monoisotopic (exact) mass is 335 g/mol. The number of amides is 1. The zero-order chi connectivity index (χ0) is 16.8. The molecule has 3 N–H and O–H groups in total. The number of rotatable bonds is 7. The second-order valence-corrected chi connectivity index (χ2v) is 5.85. The van der Waals surface area contributed by atoms with Crippen LogP contribution in [-0.2, 0) is 9.59 Å². The predicted octanol–water partition coefficient (Wildman–Crippen LogP) is 1.62. The van der Waals surface area contributed by atoms with Gasteiger partial charge in [-0.3, -0.25) is 15.0 Å². The largest absolute Gasteiger partial charge is 0.494 e. The Morgan fingerprint density at radius 2 is 2.17 bits per heavy atom. The standard InChI is InChI=1S/C15H17N3O4S/c1-3-22-11-6-4-10(5-7-11)9(2)17-18-15-16-14(21)12(23-15)8-13(19)20/h4-7,12,17H,2-3,8H2,1H3,(H,19,20)(H,16,18,21)/t12-/m1/s1. The van der Waals surface area contributed by atoms with Crippen molar-refractivity contribution in [2.24, 2.45) is 5.10 Å². The molecular weight excluding hydrogens is 318 g/mol. The van der Waals surface area contributed by atoms with E-state index >= 15 is 0 Å². The van der Waals surface area contributed by atoms with Crippen LogP contribution in [0.15, 0.2) is 35.9 Å². The molecule has 23 heavy (non-hydrogen) atoms. The first-order valence-electron chi connectivity index (χ1n) is 6.94. The van der Waals surface area contributed by atoms with Crippen molar-refractivity contribution in [3.05, 3.63) is 36.4 Å². The van der Waals surface area contributed by atoms with Crippen molar-refractivity contribution in [2.75, 3.05) is 6.61 Å². The topological polar surface area (TPSA) is 100 Å². The number of thioether (sulfide) groups is 1. The van der Waals surface area contributed by atoms with Crippen molar-refractivity contribution in [1.29, 1.82) is 0 Å². The lowest BCUT2D eigenvalue weighted by atomic mass is 10.2. The van der Waals surface area contributed by atoms with E-state index in [0.29, 0.717) is 17.5 Å². The average Bonchev–Trinajstić information content (AvgIpc) is 2.85. The summed E-state index contributed by atoms with van der Waals surface area (Å²) in [5.41, 5.74) is 4.14. The summed E-state index contributed by atoms with van der Waals surface area (Å²) in [6.07, 6.45) is -0.241. The molecule has 0 bridgehead atoms. The number of ether oxygens (including phenoxy) is 1. The number of aliphatic carboxylic acids is 1. The number of carboxylic acid groups (broad SMARTS) is 1. The van der Waals surface area contributed by atoms with Crippen LogP contribution in [-0.4, -0.2) is 34.0 Å². The highest BCUT2D eigenvalue weighted by Crippen LogP contribution is 2.22. The van der Waals surface area contributed by atoms with Crippen molar-refractivity contribution >= 4 is 34.5 Å². The van der Waals surface area contributed by atoms with Gasteiger partial charge in [0.15, 0.2) is 5.17 Å². The number of amidine groups is 1. The molecule has 1 aromatic rings. The van der Waals surface area contributed by atoms with E-state index in [1.165, 1.54) is 0 Å². The van der Waals surface area contributed by atoms with Gasteiger partial charge in [0.1, 0.15) is 11.0 Å². The van der Waals surface area contributed by atoms with Crippen molar-refractivity contribution in [3.63, 3.8) is 0 Å². The number of hydrogen-bond acceptors (Lipinski definition) is 6. The van der Waals surface area contributed by atoms with Gasteiger partial charge in [-0.05, 0) is 36.8 Å². The number of hydrogen-bond donors (Lipinski definition) is 3. The van der Waals surface area contributed by atoms with Crippen LogP contribution in [0.5, 0.6) is 5.75 Å². The molecule has 1 saturated heterocycles. The molecular formula is C15H17N3O4S. The molecule has 0 saturated carbocycles. The van der Waals surface area contributed by atoms with Gasteiger partial charge in [-0.15, -0.1) is 5.10 Å². The maximum absolute atomic E-state index is 11.6. The van der Waals surface area contributed by atoms with E-state index in [-0.39, 0.29) is 12.3 Å². The molecule has 1 heterocycles. The second kappa shape index (κ2) is 7.68. The van der Waals surface area contributed by atoms with Crippen molar-refractivity contribution in [3.8, 4) is 5.75 Å². The number of carboxylic acids is 1. The molecule has 0 radical (unpaired) electrons. The van der Waals surface area contributed by atoms with Crippen LogP contribution in [0.1, 0.15) is 18.9 Å². The number of nitrogens with one attached hydrogen (secondary N) is 2. The SMILES string of the molecule is C=C(N/N=C1/NC(=O)[C@@H](CC(=O)O)S1)c1ccc(OCC)cc1. The number of hydrazone groups is 1. The third-order valence-electron chi connectivity index (χ3n) is 2.94. The molecule has 1 aliphatic rings. The molecule has 1 aromatic carbocycles. The first kappa shape index (κ1) is 16.9. The molecule has 1 atom stereocenters. The van der Waals surface area contributed by atoms with Crippen LogP contribution in [0.3, 0.4) is 0 Å². The van der Waals surface area contributed by atoms with Crippen LogP contribution in [0, 0.1) is 0 Å². The third kappa shape index (κ3) is 4.75. The van der Waals surface area contributed by atoms with Gasteiger partial charge in [-0.1, -0.05) is 18.3 Å². The predicted molar refractivity (Wildman–Crippen MR) is 89.0 cm³/mol. The minimum Gasteiger partial charge on any atom is -0.494 e. The molecule has 1 aliphatic heterocycles. The highest BCUT2D eigenvalue weighted by molar-refractivity contribution is 8.15. The Bertz CT molecular complexity index is 643. The van der Waals surface area contributed by atoms with Gasteiger partial charge in [0.2, 0.25) is 5.91 Å². The van der Waals surface area contributed by atoms with Crippen molar-refractivity contribution in [1.82, 2.24) is 10.7 Å². The maximum Gasteiger partial charge on any atom is 0.305 e. The van der Waals surface area contributed by atoms with Gasteiger partial charge in [-0.25, -0.2) is 0 Å². The normalized spacial score (nSPS) is 18.6. The molecule has 0 aromatic heterocycles. The Hall–Kier alpha value is -2.48. The lowest BCUT2D eigenvalue weighted by Gasteiger charge is -2.07. The Morgan fingerprint density at radius 1 is 1.48 bits per heavy atom. The summed E-state index contributed by atoms with van der Waals surface area (Å²) in [6.45, 7) is 6.38. The fourth-order valence-electron chi connectivity index (χ4n) is 1.85. The maximum atomic E-state index is 11.6. The minimum atomic E-state index is -1.02. The van der Waals surface area contributed by atoms with Crippen LogP contribution >= 0.6 is 11.8 Å². The minimum absolute atomic E-state index is 0.241. The van der Waals surface area contributed by atoms with Gasteiger partial charge in [-0.2, -0.15) is 0 Å². The molecule has 7 nitrogen and oxygen atoms in total. The quantitative estimate of drug-likeness (QED) is 0.655. The summed E-state index contributed by atoms with van der Waals surface area (Å²) in [6, 6.07) is 7.34. The van der Waals surface area contributed by atoms with E-state index in [9.17, 15) is 9.59 Å². The van der Waals surface area contributed by atoms with E-state index in [2.05, 4.69) is 22.4 Å². The van der Waals surface area contributed by atoms with E-state index in [1.807, 2.05) is 31.2 Å². The molecule has 0 unspecified atom stereocenters. The smallest absolute Gasteiger partial charge is 0.305 e. The zero-order valence-electron chi connectivity index (χ0n) is 12.5. The highest BCUT2D eigenvalue weighted by atomic mass is 32.2. The van der Waals surface area contributed by atoms with Crippen molar-refractivity contribution < 1.29 is 19.4 Å². The summed E-state index contributed by atoms with van der Waals surface area (Å²) >= 11 is 1.08. The first-order valence-corrected chi connectivity index (χ1v) is 7.82. The molecule has 2 rings (SSSR count). The Morgan fingerprint density at radius 3 is 2.78 bits per heavy atom. The van der Waals surface area contributed by atoms with E-state index in [0.717, 1.165) is 23.1 Å². The number of benzene rings is 1. The first-order chi connectivity index (χ1) is 11.0. The summed E-state index contributed by atoms with van der Waals surface area (Å²) < 4.78 is 5.36. The molecule has 8 heteroatoms. The number of nitrogens with zero attached hydrogens (tertiary/aromatic N) is 1. The zero-order valence-corrected chi connectivity index (χ0v) is 13.4. The fourth-order valence-corrected chi connectivity index (χ4v) is 2.77. The number of carbonyl (C=O) groups excluding carboxylic acids is 1. The Kier molecular flexibility index (Phi) is 5.64. The van der Waals surface area contributed by atoms with Gasteiger partial charge >= 0.3 is 5.97 Å². The molecule has 0 spiro atoms. The van der Waals surface area contributed by atoms with E-state index in [4.69, 9.17) is 9.84 Å². The van der Waals surface area contributed by atoms with Crippen LogP contribution in [0.4, 0.5) is 0 Å². The van der Waals surface area contributed by atoms with E-state index < -0.39 is 11.2 Å². The van der Waals surface area contributed by atoms with Gasteiger partial charge in [0.25, 0.3) is 0 Å². The molecule has 1 amide bonds. The van der Waals surface area contributed by atoms with E-state index in [1.54, 1.807) is 0 Å². The van der Waals surface area contributed by atoms with Crippen molar-refractivity contribution in [2.45, 2.75) is 18.6 Å². The molecule has 1 fully saturated rings. The third-order valence-corrected chi connectivity index (χ3v) is 4.02. The summed E-state index contributed by atoms with van der Waals surface area (Å²) in [4.78, 5) is 22.3. The molecule has 0 aliphatic carbocycles. The Balaban J connectivity index is 1.93. The van der Waals surface area contributed by atoms with Gasteiger partial charge in [0, 0.05) is 0 Å². The highest BCUT2D eigenvalue weighted by Gasteiger charge is 2.32. The Labute approximate surface area is 137 Å². The van der Waals surface area contributed by atoms with Gasteiger partial charge in [0.05, 0.1) is 18.7 Å². The number of carbonyl (C=O) groups is 2.